The van der Waals surface area contributed by atoms with E-state index >= 15 is 0 Å². The maximum Gasteiger partial charge on any atom is 0.167 e. The summed E-state index contributed by atoms with van der Waals surface area (Å²) in [7, 11) is 0. The molecule has 5 heteroatoms. The predicted octanol–water partition coefficient (Wildman–Crippen LogP) is 3.16. The molecule has 0 aliphatic heterocycles. The second kappa shape index (κ2) is 6.98. The summed E-state index contributed by atoms with van der Waals surface area (Å²) in [5, 5.41) is 12.9. The largest absolute Gasteiger partial charge is 0.490 e. The molecule has 0 spiro atoms. The van der Waals surface area contributed by atoms with Gasteiger partial charge in [0, 0.05) is 24.1 Å². The Bertz CT molecular complexity index is 474. The summed E-state index contributed by atoms with van der Waals surface area (Å²) >= 11 is 0. The fraction of sp³-hybridized carbons (Fsp3) is 0.625. The molecule has 0 atom stereocenters. The first kappa shape index (κ1) is 15.9. The molecule has 0 aromatic heterocycles. The summed E-state index contributed by atoms with van der Waals surface area (Å²) < 4.78 is 19.1. The number of halogens is 1. The van der Waals surface area contributed by atoms with Crippen LogP contribution >= 0.6 is 0 Å². The molecule has 0 bridgehead atoms. The molecule has 1 fully saturated rings. The Hall–Kier alpha value is -1.49. The van der Waals surface area contributed by atoms with Crippen molar-refractivity contribution in [2.24, 2.45) is 5.41 Å². The van der Waals surface area contributed by atoms with E-state index in [-0.39, 0.29) is 17.8 Å². The van der Waals surface area contributed by atoms with Crippen molar-refractivity contribution < 1.29 is 14.2 Å². The second-order valence-electron chi connectivity index (χ2n) is 5.94. The highest BCUT2D eigenvalue weighted by atomic mass is 19.1. The molecular weight excluding hydrogens is 271 g/mol. The summed E-state index contributed by atoms with van der Waals surface area (Å²) in [5.41, 5.74) is 6.82. The van der Waals surface area contributed by atoms with Gasteiger partial charge in [0.2, 0.25) is 0 Å². The van der Waals surface area contributed by atoms with E-state index in [4.69, 9.17) is 10.5 Å². The van der Waals surface area contributed by atoms with E-state index in [1.54, 1.807) is 6.07 Å². The Balaban J connectivity index is 2.08. The standard InChI is InChI=1S/C16H25FN2O2/c1-2-7-21-15-9-14(13(18)8-12(15)17)19-10-16(11-20)5-3-4-6-16/h8-9,19-20H,2-7,10-11,18H2,1H3. The highest BCUT2D eigenvalue weighted by molar-refractivity contribution is 5.68. The van der Waals surface area contributed by atoms with Crippen LogP contribution in [0.2, 0.25) is 0 Å². The van der Waals surface area contributed by atoms with Gasteiger partial charge >= 0.3 is 0 Å². The van der Waals surface area contributed by atoms with Crippen molar-refractivity contribution in [1.29, 1.82) is 0 Å². The molecule has 1 aromatic rings. The average molecular weight is 296 g/mol. The zero-order valence-corrected chi connectivity index (χ0v) is 12.6. The Labute approximate surface area is 125 Å². The first-order valence-electron chi connectivity index (χ1n) is 7.67. The van der Waals surface area contributed by atoms with Gasteiger partial charge in [-0.1, -0.05) is 19.8 Å². The van der Waals surface area contributed by atoms with Crippen LogP contribution in [0, 0.1) is 11.2 Å². The van der Waals surface area contributed by atoms with Crippen LogP contribution in [0.1, 0.15) is 39.0 Å². The minimum absolute atomic E-state index is 0.0781. The van der Waals surface area contributed by atoms with Crippen molar-refractivity contribution in [3.05, 3.63) is 17.9 Å². The average Bonchev–Trinajstić information content (AvgIpc) is 2.95. The molecule has 0 heterocycles. The van der Waals surface area contributed by atoms with Crippen molar-refractivity contribution >= 4 is 11.4 Å². The molecule has 4 N–H and O–H groups in total. The van der Waals surface area contributed by atoms with Crippen LogP contribution in [0.25, 0.3) is 0 Å². The Kier molecular flexibility index (Phi) is 5.28. The highest BCUT2D eigenvalue weighted by Crippen LogP contribution is 2.38. The lowest BCUT2D eigenvalue weighted by atomic mass is 9.87. The van der Waals surface area contributed by atoms with E-state index in [0.29, 0.717) is 24.5 Å². The van der Waals surface area contributed by atoms with Crippen LogP contribution in [-0.2, 0) is 0 Å². The van der Waals surface area contributed by atoms with E-state index in [2.05, 4.69) is 5.32 Å². The molecule has 1 aromatic carbocycles. The molecule has 118 valence electrons. The summed E-state index contributed by atoms with van der Waals surface area (Å²) in [6.45, 7) is 3.26. The number of benzene rings is 1. The Morgan fingerprint density at radius 1 is 1.38 bits per heavy atom. The van der Waals surface area contributed by atoms with Crippen molar-refractivity contribution in [3.8, 4) is 5.75 Å². The zero-order chi connectivity index (χ0) is 15.3. The highest BCUT2D eigenvalue weighted by Gasteiger charge is 2.33. The topological polar surface area (TPSA) is 67.5 Å². The SMILES string of the molecule is CCCOc1cc(NCC2(CO)CCCC2)c(N)cc1F. The minimum Gasteiger partial charge on any atom is -0.490 e. The number of hydrogen-bond acceptors (Lipinski definition) is 4. The number of nitrogens with two attached hydrogens (primary N) is 1. The monoisotopic (exact) mass is 296 g/mol. The van der Waals surface area contributed by atoms with E-state index in [0.717, 1.165) is 32.1 Å². The Morgan fingerprint density at radius 2 is 2.10 bits per heavy atom. The lowest BCUT2D eigenvalue weighted by Gasteiger charge is -2.27. The number of aliphatic hydroxyl groups is 1. The lowest BCUT2D eigenvalue weighted by Crippen LogP contribution is -2.30. The van der Waals surface area contributed by atoms with Crippen LogP contribution in [-0.4, -0.2) is 24.9 Å². The molecule has 0 radical (unpaired) electrons. The number of rotatable bonds is 7. The van der Waals surface area contributed by atoms with E-state index < -0.39 is 5.82 Å². The molecule has 1 saturated carbocycles. The summed E-state index contributed by atoms with van der Waals surface area (Å²) in [4.78, 5) is 0. The first-order chi connectivity index (χ1) is 10.1. The van der Waals surface area contributed by atoms with Crippen molar-refractivity contribution in [1.82, 2.24) is 0 Å². The molecule has 1 aliphatic carbocycles. The van der Waals surface area contributed by atoms with Gasteiger partial charge in [0.05, 0.1) is 24.6 Å². The van der Waals surface area contributed by atoms with Gasteiger partial charge in [0.1, 0.15) is 0 Å². The van der Waals surface area contributed by atoms with E-state index in [1.165, 1.54) is 6.07 Å². The van der Waals surface area contributed by atoms with Crippen molar-refractivity contribution in [2.75, 3.05) is 30.8 Å². The van der Waals surface area contributed by atoms with Crippen LogP contribution in [0.4, 0.5) is 15.8 Å². The Morgan fingerprint density at radius 3 is 2.71 bits per heavy atom. The van der Waals surface area contributed by atoms with Crippen LogP contribution in [0.3, 0.4) is 0 Å². The normalized spacial score (nSPS) is 16.9. The van der Waals surface area contributed by atoms with E-state index in [1.807, 2.05) is 6.92 Å². The van der Waals surface area contributed by atoms with Crippen LogP contribution in [0.15, 0.2) is 12.1 Å². The number of aliphatic hydroxyl groups excluding tert-OH is 1. The number of hydrogen-bond donors (Lipinski definition) is 3. The summed E-state index contributed by atoms with van der Waals surface area (Å²) in [6.07, 6.45) is 5.13. The van der Waals surface area contributed by atoms with Crippen molar-refractivity contribution in [3.63, 3.8) is 0 Å². The zero-order valence-electron chi connectivity index (χ0n) is 12.6. The molecule has 21 heavy (non-hydrogen) atoms. The minimum atomic E-state index is -0.441. The fourth-order valence-corrected chi connectivity index (χ4v) is 2.84. The maximum atomic E-state index is 13.8. The van der Waals surface area contributed by atoms with Crippen molar-refractivity contribution in [2.45, 2.75) is 39.0 Å². The molecule has 0 saturated heterocycles. The molecule has 0 unspecified atom stereocenters. The van der Waals surface area contributed by atoms with Gasteiger partial charge in [-0.25, -0.2) is 4.39 Å². The molecule has 2 rings (SSSR count). The maximum absolute atomic E-state index is 13.8. The third-order valence-electron chi connectivity index (χ3n) is 4.22. The van der Waals surface area contributed by atoms with Crippen LogP contribution < -0.4 is 15.8 Å². The second-order valence-corrected chi connectivity index (χ2v) is 5.94. The number of ether oxygens (including phenoxy) is 1. The number of nitrogens with one attached hydrogen (secondary N) is 1. The van der Waals surface area contributed by atoms with Gasteiger partial charge in [0.15, 0.2) is 11.6 Å². The predicted molar refractivity (Wildman–Crippen MR) is 83.1 cm³/mol. The fourth-order valence-electron chi connectivity index (χ4n) is 2.84. The van der Waals surface area contributed by atoms with Gasteiger partial charge in [-0.2, -0.15) is 0 Å². The third-order valence-corrected chi connectivity index (χ3v) is 4.22. The molecule has 1 aliphatic rings. The molecular formula is C16H25FN2O2. The summed E-state index contributed by atoms with van der Waals surface area (Å²) in [6, 6.07) is 2.90. The smallest absolute Gasteiger partial charge is 0.167 e. The first-order valence-corrected chi connectivity index (χ1v) is 7.67. The van der Waals surface area contributed by atoms with Crippen LogP contribution in [0.5, 0.6) is 5.75 Å². The van der Waals surface area contributed by atoms with Gasteiger partial charge in [-0.3, -0.25) is 0 Å². The van der Waals surface area contributed by atoms with Gasteiger partial charge in [-0.05, 0) is 19.3 Å². The van der Waals surface area contributed by atoms with Gasteiger partial charge in [0.25, 0.3) is 0 Å². The lowest BCUT2D eigenvalue weighted by molar-refractivity contribution is 0.142. The summed E-state index contributed by atoms with van der Waals surface area (Å²) in [5.74, 6) is -0.220. The molecule has 4 nitrogen and oxygen atoms in total. The third kappa shape index (κ3) is 3.79. The quantitative estimate of drug-likeness (QED) is 0.676. The van der Waals surface area contributed by atoms with Gasteiger partial charge < -0.3 is 20.9 Å². The van der Waals surface area contributed by atoms with E-state index in [9.17, 15) is 9.50 Å². The number of nitrogen functional groups attached to an aromatic ring is 1. The number of anilines is 2. The molecule has 0 amide bonds. The van der Waals surface area contributed by atoms with Gasteiger partial charge in [-0.15, -0.1) is 0 Å².